The van der Waals surface area contributed by atoms with E-state index in [1.807, 2.05) is 12.3 Å². The summed E-state index contributed by atoms with van der Waals surface area (Å²) in [5, 5.41) is 9.14. The quantitative estimate of drug-likeness (QED) is 0.162. The Balaban J connectivity index is 1.17. The Bertz CT molecular complexity index is 2830. The van der Waals surface area contributed by atoms with Crippen molar-refractivity contribution >= 4 is 49.0 Å². The molecule has 0 aliphatic carbocycles. The summed E-state index contributed by atoms with van der Waals surface area (Å²) in [5.74, 6) is 0. The van der Waals surface area contributed by atoms with Crippen LogP contribution in [0, 0.1) is 0 Å². The minimum atomic E-state index is -1.98. The second kappa shape index (κ2) is 13.5. The predicted molar refractivity (Wildman–Crippen MR) is 235 cm³/mol. The lowest BCUT2D eigenvalue weighted by Crippen LogP contribution is -2.40. The molecule has 4 heterocycles. The summed E-state index contributed by atoms with van der Waals surface area (Å²) in [4.78, 5) is 9.99. The first-order valence-corrected chi connectivity index (χ1v) is 20.8. The Morgan fingerprint density at radius 3 is 1.74 bits per heavy atom. The van der Waals surface area contributed by atoms with Gasteiger partial charge in [-0.2, -0.15) is 5.12 Å². The van der Waals surface area contributed by atoms with Crippen molar-refractivity contribution in [1.29, 1.82) is 0 Å². The molecule has 0 unspecified atom stereocenters. The lowest BCUT2D eigenvalue weighted by Gasteiger charge is -2.43. The average molecular weight is 752 g/mol. The Hall–Kier alpha value is -7.28. The van der Waals surface area contributed by atoms with Gasteiger partial charge in [-0.3, -0.25) is 4.57 Å². The number of fused-ring (bicyclic) bond motifs is 6. The van der Waals surface area contributed by atoms with Crippen molar-refractivity contribution in [2.24, 2.45) is 0 Å². The molecule has 57 heavy (non-hydrogen) atoms. The van der Waals surface area contributed by atoms with Gasteiger partial charge in [0.2, 0.25) is 0 Å². The van der Waals surface area contributed by atoms with Gasteiger partial charge in [0.1, 0.15) is 5.65 Å². The largest absolute Gasteiger partial charge is 0.294 e. The predicted octanol–water partition coefficient (Wildman–Crippen LogP) is 13.3. The number of hydrogen-bond donors (Lipinski definition) is 0. The second-order valence-electron chi connectivity index (χ2n) is 14.2. The third kappa shape index (κ3) is 5.22. The number of rotatable bonds is 7. The van der Waals surface area contributed by atoms with Gasteiger partial charge >= 0.3 is 0 Å². The summed E-state index contributed by atoms with van der Waals surface area (Å²) in [6, 6.07) is 70.8. The second-order valence-corrected chi connectivity index (χ2v) is 17.3. The van der Waals surface area contributed by atoms with Crippen molar-refractivity contribution in [2.75, 3.05) is 10.0 Å². The van der Waals surface area contributed by atoms with E-state index in [1.54, 1.807) is 0 Å². The minimum absolute atomic E-state index is 0.946. The van der Waals surface area contributed by atoms with Crippen LogP contribution in [0.2, 0.25) is 0 Å². The molecule has 5 nitrogen and oxygen atoms in total. The van der Waals surface area contributed by atoms with Crippen LogP contribution in [0.3, 0.4) is 0 Å². The lowest BCUT2D eigenvalue weighted by molar-refractivity contribution is 0.408. The van der Waals surface area contributed by atoms with Gasteiger partial charge in [-0.15, -0.1) is 10.0 Å². The first-order chi connectivity index (χ1) is 28.3. The zero-order valence-corrected chi connectivity index (χ0v) is 31.8. The van der Waals surface area contributed by atoms with Crippen molar-refractivity contribution in [1.82, 2.24) is 14.7 Å². The molecule has 0 N–H and O–H groups in total. The van der Waals surface area contributed by atoms with Crippen LogP contribution in [0.1, 0.15) is 0 Å². The topological polar surface area (TPSA) is 27.5 Å². The summed E-state index contributed by atoms with van der Waals surface area (Å²) in [5.41, 5.74) is 8.70. The first kappa shape index (κ1) is 33.1. The summed E-state index contributed by atoms with van der Waals surface area (Å²) in [7, 11) is -1.98. The molecule has 11 rings (SSSR count). The third-order valence-electron chi connectivity index (χ3n) is 11.0. The van der Waals surface area contributed by atoms with Crippen molar-refractivity contribution in [3.63, 3.8) is 0 Å². The van der Waals surface area contributed by atoms with E-state index in [0.717, 1.165) is 44.9 Å². The van der Waals surface area contributed by atoms with Gasteiger partial charge in [-0.1, -0.05) is 103 Å². The van der Waals surface area contributed by atoms with E-state index < -0.39 is 10.0 Å². The molecule has 2 aromatic heterocycles. The molecule has 7 aromatic carbocycles. The normalized spacial score (nSPS) is 13.6. The van der Waals surface area contributed by atoms with Crippen LogP contribution in [0.25, 0.3) is 38.8 Å². The number of nitrogens with zero attached hydrogens (tertiary/aromatic N) is 5. The van der Waals surface area contributed by atoms with Crippen molar-refractivity contribution in [3.05, 3.63) is 225 Å². The van der Waals surface area contributed by atoms with E-state index in [0.29, 0.717) is 0 Å². The molecule has 0 spiro atoms. The van der Waals surface area contributed by atoms with Gasteiger partial charge in [0, 0.05) is 54.6 Å². The summed E-state index contributed by atoms with van der Waals surface area (Å²) in [6.07, 6.45) is 10.4. The minimum Gasteiger partial charge on any atom is -0.294 e. The maximum absolute atomic E-state index is 4.88. The Labute approximate surface area is 333 Å². The fraction of sp³-hybridized carbons (Fsp3) is 0. The van der Waals surface area contributed by atoms with Gasteiger partial charge in [0.15, 0.2) is 0 Å². The molecule has 0 fully saturated rings. The molecule has 0 radical (unpaired) electrons. The third-order valence-corrected chi connectivity index (χ3v) is 14.9. The number of hydrogen-bond acceptors (Lipinski definition) is 4. The maximum Gasteiger partial charge on any atom is 0.145 e. The van der Waals surface area contributed by atoms with Gasteiger partial charge in [-0.25, -0.2) is 15.0 Å². The number of aromatic nitrogens is 2. The highest BCUT2D eigenvalue weighted by Crippen LogP contribution is 2.74. The number of para-hydroxylation sites is 1. The Morgan fingerprint density at radius 2 is 1.04 bits per heavy atom. The number of anilines is 3. The van der Waals surface area contributed by atoms with Gasteiger partial charge in [0.05, 0.1) is 22.6 Å². The molecule has 9 aromatic rings. The lowest BCUT2D eigenvalue weighted by atomic mass is 10.0. The van der Waals surface area contributed by atoms with E-state index in [1.165, 1.54) is 30.5 Å². The molecule has 6 heteroatoms. The van der Waals surface area contributed by atoms with Crippen molar-refractivity contribution in [2.45, 2.75) is 19.6 Å². The summed E-state index contributed by atoms with van der Waals surface area (Å²) < 4.78 is 2.28. The number of allylic oxidation sites excluding steroid dienone is 2. The van der Waals surface area contributed by atoms with E-state index in [4.69, 9.17) is 4.98 Å². The SMILES string of the molecule is C1=CN2c3cc(-n4c5ccccc5c5cccnc54)ccc3N(c3cc(-c4ccccc4)cc(S(c4ccccc4)(c4ccccc4)c4ccccc4)c3)N2C=C1. The molecule has 0 saturated heterocycles. The van der Waals surface area contributed by atoms with Crippen molar-refractivity contribution in [3.8, 4) is 16.8 Å². The number of pyridine rings is 1. The highest BCUT2D eigenvalue weighted by Gasteiger charge is 2.38. The molecule has 0 amide bonds. The van der Waals surface area contributed by atoms with Gasteiger partial charge in [-0.05, 0) is 114 Å². The van der Waals surface area contributed by atoms with Crippen LogP contribution >= 0.6 is 10.0 Å². The number of benzene rings is 7. The Kier molecular flexibility index (Phi) is 7.83. The summed E-state index contributed by atoms with van der Waals surface area (Å²) in [6.45, 7) is 0. The maximum atomic E-state index is 4.88. The van der Waals surface area contributed by atoms with Gasteiger partial charge in [0.25, 0.3) is 0 Å². The van der Waals surface area contributed by atoms with Crippen LogP contribution < -0.4 is 10.0 Å². The molecular weight excluding hydrogens is 715 g/mol. The van der Waals surface area contributed by atoms with E-state index >= 15 is 0 Å². The molecule has 2 aliphatic heterocycles. The number of hydrazine groups is 2. The van der Waals surface area contributed by atoms with Crippen LogP contribution in [0.15, 0.2) is 244 Å². The molecule has 272 valence electrons. The fourth-order valence-corrected chi connectivity index (χ4v) is 12.5. The monoisotopic (exact) mass is 751 g/mol. The Morgan fingerprint density at radius 1 is 0.421 bits per heavy atom. The standard InChI is InChI=1S/C51H37N5S/c1-5-18-38(19-6-1)39-34-41(36-45(35-39)57(42-20-7-2-8-21-42,43-22-9-3-10-23-43)44-24-11-4-12-25-44)56-49-30-29-40(37-50(49)53-32-15-16-33-54(53)56)55-48-28-14-13-26-46(48)47-27-17-31-52-51(47)55/h1-37H. The van der Waals surface area contributed by atoms with Crippen LogP contribution in [0.5, 0.6) is 0 Å². The fourth-order valence-electron chi connectivity index (χ4n) is 8.56. The molecule has 0 bridgehead atoms. The van der Waals surface area contributed by atoms with Crippen LogP contribution in [-0.2, 0) is 0 Å². The van der Waals surface area contributed by atoms with Crippen molar-refractivity contribution < 1.29 is 0 Å². The van der Waals surface area contributed by atoms with Crippen LogP contribution in [0.4, 0.5) is 17.1 Å². The summed E-state index contributed by atoms with van der Waals surface area (Å²) >= 11 is 0. The van der Waals surface area contributed by atoms with E-state index in [2.05, 4.69) is 232 Å². The molecular formula is C51H37N5S. The van der Waals surface area contributed by atoms with Crippen LogP contribution in [-0.4, -0.2) is 14.7 Å². The smallest absolute Gasteiger partial charge is 0.145 e. The van der Waals surface area contributed by atoms with E-state index in [-0.39, 0.29) is 0 Å². The highest BCUT2D eigenvalue weighted by molar-refractivity contribution is 8.34. The zero-order chi connectivity index (χ0) is 37.8. The van der Waals surface area contributed by atoms with E-state index in [9.17, 15) is 0 Å². The first-order valence-electron chi connectivity index (χ1n) is 19.2. The molecule has 2 aliphatic rings. The molecule has 0 saturated carbocycles. The van der Waals surface area contributed by atoms with Gasteiger partial charge < -0.3 is 0 Å². The average Bonchev–Trinajstić information content (AvgIpc) is 3.81. The molecule has 0 atom stereocenters. The zero-order valence-electron chi connectivity index (χ0n) is 31.0. The highest BCUT2D eigenvalue weighted by atomic mass is 32.3.